The Morgan fingerprint density at radius 3 is 2.46 bits per heavy atom. The molecule has 0 fully saturated rings. The van der Waals surface area contributed by atoms with Gasteiger partial charge in [-0.2, -0.15) is 5.26 Å². The Bertz CT molecular complexity index is 928. The van der Waals surface area contributed by atoms with E-state index < -0.39 is 0 Å². The van der Waals surface area contributed by atoms with Crippen molar-refractivity contribution in [3.05, 3.63) is 59.0 Å². The molecule has 0 aliphatic rings. The minimum Gasteiger partial charge on any atom is -0.300 e. The molecule has 0 N–H and O–H groups in total. The van der Waals surface area contributed by atoms with Crippen molar-refractivity contribution in [2.75, 3.05) is 14.1 Å². The van der Waals surface area contributed by atoms with Crippen molar-refractivity contribution in [1.29, 1.82) is 5.26 Å². The predicted octanol–water partition coefficient (Wildman–Crippen LogP) is 3.96. The van der Waals surface area contributed by atoms with E-state index in [1.807, 2.05) is 42.9 Å². The van der Waals surface area contributed by atoms with E-state index in [0.717, 1.165) is 16.5 Å². The highest BCUT2D eigenvalue weighted by Gasteiger charge is 2.21. The van der Waals surface area contributed by atoms with Gasteiger partial charge in [0.15, 0.2) is 5.82 Å². The van der Waals surface area contributed by atoms with Crippen molar-refractivity contribution < 1.29 is 0 Å². The van der Waals surface area contributed by atoms with Crippen LogP contribution in [-0.2, 0) is 0 Å². The molecule has 0 spiro atoms. The lowest BCUT2D eigenvalue weighted by Crippen LogP contribution is -2.20. The molecule has 1 aromatic carbocycles. The summed E-state index contributed by atoms with van der Waals surface area (Å²) in [6, 6.07) is 13.2. The molecule has 0 aliphatic heterocycles. The molecule has 3 aromatic rings. The van der Waals surface area contributed by atoms with Crippen LogP contribution < -0.4 is 0 Å². The molecular formula is C18H17ClN6S. The summed E-state index contributed by atoms with van der Waals surface area (Å²) in [6.07, 6.45) is 1.55. The average Bonchev–Trinajstić information content (AvgIpc) is 3.05. The summed E-state index contributed by atoms with van der Waals surface area (Å²) < 4.78 is 2.01. The first kappa shape index (κ1) is 18.4. The molecule has 8 heteroatoms. The number of halogens is 1. The topological polar surface area (TPSA) is 70.6 Å². The Kier molecular flexibility index (Phi) is 5.57. The first-order valence-corrected chi connectivity index (χ1v) is 9.10. The zero-order valence-electron chi connectivity index (χ0n) is 14.6. The van der Waals surface area contributed by atoms with Crippen LogP contribution in [0.25, 0.3) is 5.69 Å². The van der Waals surface area contributed by atoms with E-state index in [0.29, 0.717) is 15.7 Å². The molecule has 3 rings (SSSR count). The second kappa shape index (κ2) is 7.87. The predicted molar refractivity (Wildman–Crippen MR) is 102 cm³/mol. The van der Waals surface area contributed by atoms with Gasteiger partial charge in [-0.1, -0.05) is 11.6 Å². The fourth-order valence-corrected chi connectivity index (χ4v) is 3.21. The number of aromatic nitrogens is 4. The molecule has 2 aromatic heterocycles. The third-order valence-corrected chi connectivity index (χ3v) is 5.10. The Morgan fingerprint density at radius 1 is 1.15 bits per heavy atom. The Labute approximate surface area is 161 Å². The van der Waals surface area contributed by atoms with Crippen molar-refractivity contribution >= 4 is 23.4 Å². The van der Waals surface area contributed by atoms with Gasteiger partial charge in [0.25, 0.3) is 0 Å². The lowest BCUT2D eigenvalue weighted by Gasteiger charge is -2.20. The average molecular weight is 385 g/mol. The summed E-state index contributed by atoms with van der Waals surface area (Å²) in [5.41, 5.74) is 1.45. The third kappa shape index (κ3) is 3.88. The smallest absolute Gasteiger partial charge is 0.202 e. The van der Waals surface area contributed by atoms with E-state index >= 15 is 0 Å². The number of benzene rings is 1. The van der Waals surface area contributed by atoms with Crippen LogP contribution in [0.5, 0.6) is 0 Å². The number of hydrogen-bond acceptors (Lipinski definition) is 6. The highest BCUT2D eigenvalue weighted by atomic mass is 35.5. The minimum atomic E-state index is 0.0708. The Morgan fingerprint density at radius 2 is 1.88 bits per heavy atom. The quantitative estimate of drug-likeness (QED) is 0.663. The van der Waals surface area contributed by atoms with Crippen molar-refractivity contribution in [2.24, 2.45) is 0 Å². The van der Waals surface area contributed by atoms with Gasteiger partial charge < -0.3 is 0 Å². The SMILES string of the molecule is C[C@@H](c1nnc(Sc2ccc(C#N)cn2)n1-c1ccc(Cl)cc1)N(C)C. The van der Waals surface area contributed by atoms with Crippen molar-refractivity contribution in [2.45, 2.75) is 23.1 Å². The second-order valence-electron chi connectivity index (χ2n) is 5.89. The highest BCUT2D eigenvalue weighted by molar-refractivity contribution is 7.99. The number of pyridine rings is 1. The molecule has 26 heavy (non-hydrogen) atoms. The molecule has 0 saturated heterocycles. The maximum absolute atomic E-state index is 8.91. The molecular weight excluding hydrogens is 368 g/mol. The van der Waals surface area contributed by atoms with Crippen LogP contribution in [0.4, 0.5) is 0 Å². The Balaban J connectivity index is 2.04. The van der Waals surface area contributed by atoms with Crippen LogP contribution in [0, 0.1) is 11.3 Å². The van der Waals surface area contributed by atoms with E-state index in [1.54, 1.807) is 18.3 Å². The van der Waals surface area contributed by atoms with Gasteiger partial charge in [-0.25, -0.2) is 4.98 Å². The number of nitriles is 1. The normalized spacial score (nSPS) is 12.2. The lowest BCUT2D eigenvalue weighted by atomic mass is 10.2. The van der Waals surface area contributed by atoms with Gasteiger partial charge in [-0.15, -0.1) is 10.2 Å². The molecule has 0 amide bonds. The van der Waals surface area contributed by atoms with Crippen molar-refractivity contribution in [3.63, 3.8) is 0 Å². The molecule has 0 aliphatic carbocycles. The maximum Gasteiger partial charge on any atom is 0.202 e. The fraction of sp³-hybridized carbons (Fsp3) is 0.222. The summed E-state index contributed by atoms with van der Waals surface area (Å²) in [5, 5.41) is 19.8. The first-order chi connectivity index (χ1) is 12.5. The summed E-state index contributed by atoms with van der Waals surface area (Å²) >= 11 is 7.43. The minimum absolute atomic E-state index is 0.0708. The monoisotopic (exact) mass is 384 g/mol. The number of nitrogens with zero attached hydrogens (tertiary/aromatic N) is 6. The first-order valence-electron chi connectivity index (χ1n) is 7.91. The Hall–Kier alpha value is -2.40. The van der Waals surface area contributed by atoms with Crippen molar-refractivity contribution in [3.8, 4) is 11.8 Å². The van der Waals surface area contributed by atoms with Crippen LogP contribution in [0.15, 0.2) is 52.8 Å². The molecule has 0 unspecified atom stereocenters. The van der Waals surface area contributed by atoms with Gasteiger partial charge in [0, 0.05) is 16.9 Å². The molecule has 0 bridgehead atoms. The molecule has 0 saturated carbocycles. The van der Waals surface area contributed by atoms with E-state index in [1.165, 1.54) is 11.8 Å². The zero-order chi connectivity index (χ0) is 18.7. The standard InChI is InChI=1S/C18H17ClN6S/c1-12(24(2)3)17-22-23-18(25(17)15-7-5-14(19)6-8-15)26-16-9-4-13(10-20)11-21-16/h4-9,11-12H,1-3H3/t12-/m0/s1. The summed E-state index contributed by atoms with van der Waals surface area (Å²) in [7, 11) is 4.00. The highest BCUT2D eigenvalue weighted by Crippen LogP contribution is 2.30. The van der Waals surface area contributed by atoms with Crippen LogP contribution in [0.3, 0.4) is 0 Å². The maximum atomic E-state index is 8.91. The van der Waals surface area contributed by atoms with Crippen LogP contribution >= 0.6 is 23.4 Å². The summed E-state index contributed by atoms with van der Waals surface area (Å²) in [4.78, 5) is 6.38. The van der Waals surface area contributed by atoms with E-state index in [4.69, 9.17) is 16.9 Å². The number of rotatable bonds is 5. The summed E-state index contributed by atoms with van der Waals surface area (Å²) in [6.45, 7) is 2.07. The van der Waals surface area contributed by atoms with Crippen molar-refractivity contribution in [1.82, 2.24) is 24.6 Å². The van der Waals surface area contributed by atoms with Crippen LogP contribution in [-0.4, -0.2) is 38.7 Å². The van der Waals surface area contributed by atoms with Gasteiger partial charge >= 0.3 is 0 Å². The molecule has 1 atom stereocenters. The van der Waals surface area contributed by atoms with E-state index in [-0.39, 0.29) is 6.04 Å². The van der Waals surface area contributed by atoms with Gasteiger partial charge in [-0.05, 0) is 69.2 Å². The van der Waals surface area contributed by atoms with Gasteiger partial charge in [-0.3, -0.25) is 9.47 Å². The summed E-state index contributed by atoms with van der Waals surface area (Å²) in [5.74, 6) is 0.827. The van der Waals surface area contributed by atoms with Crippen LogP contribution in [0.1, 0.15) is 24.4 Å². The van der Waals surface area contributed by atoms with Gasteiger partial charge in [0.2, 0.25) is 5.16 Å². The molecule has 2 heterocycles. The molecule has 0 radical (unpaired) electrons. The largest absolute Gasteiger partial charge is 0.300 e. The lowest BCUT2D eigenvalue weighted by molar-refractivity contribution is 0.305. The second-order valence-corrected chi connectivity index (χ2v) is 7.32. The van der Waals surface area contributed by atoms with Gasteiger partial charge in [0.1, 0.15) is 11.1 Å². The van der Waals surface area contributed by atoms with Gasteiger partial charge in [0.05, 0.1) is 11.6 Å². The third-order valence-electron chi connectivity index (χ3n) is 3.95. The van der Waals surface area contributed by atoms with Crippen LogP contribution in [0.2, 0.25) is 5.02 Å². The fourth-order valence-electron chi connectivity index (χ4n) is 2.28. The molecule has 6 nitrogen and oxygen atoms in total. The zero-order valence-corrected chi connectivity index (χ0v) is 16.2. The number of hydrogen-bond donors (Lipinski definition) is 0. The molecule has 132 valence electrons. The van der Waals surface area contributed by atoms with E-state index in [2.05, 4.69) is 33.1 Å². The van der Waals surface area contributed by atoms with E-state index in [9.17, 15) is 0 Å².